The molecule has 1 atom stereocenters. The first-order valence-electron chi connectivity index (χ1n) is 7.07. The predicted molar refractivity (Wildman–Crippen MR) is 80.0 cm³/mol. The monoisotopic (exact) mass is 296 g/mol. The van der Waals surface area contributed by atoms with Crippen LogP contribution in [0.25, 0.3) is 0 Å². The van der Waals surface area contributed by atoms with Crippen LogP contribution in [0.2, 0.25) is 5.02 Å². The summed E-state index contributed by atoms with van der Waals surface area (Å²) in [7, 11) is 0. The molecule has 1 aliphatic heterocycles. The fourth-order valence-electron chi connectivity index (χ4n) is 2.18. The maximum atomic E-state index is 11.6. The molecule has 2 rings (SSSR count). The number of hydrogen-bond donors (Lipinski definition) is 2. The second-order valence-corrected chi connectivity index (χ2v) is 5.43. The van der Waals surface area contributed by atoms with Gasteiger partial charge in [0.15, 0.2) is 0 Å². The first-order valence-corrected chi connectivity index (χ1v) is 7.45. The van der Waals surface area contributed by atoms with Crippen LogP contribution in [0.4, 0.5) is 0 Å². The number of carbonyl (C=O) groups is 1. The molecule has 0 bridgehead atoms. The molecule has 1 saturated heterocycles. The Morgan fingerprint density at radius 1 is 1.35 bits per heavy atom. The maximum Gasteiger partial charge on any atom is 0.234 e. The van der Waals surface area contributed by atoms with Crippen molar-refractivity contribution in [2.45, 2.75) is 25.4 Å². The molecule has 0 spiro atoms. The van der Waals surface area contributed by atoms with E-state index in [1.165, 1.54) is 5.56 Å². The zero-order valence-electron chi connectivity index (χ0n) is 11.5. The lowest BCUT2D eigenvalue weighted by atomic mass is 10.1. The fourth-order valence-corrected chi connectivity index (χ4v) is 2.31. The molecule has 0 aromatic heterocycles. The zero-order chi connectivity index (χ0) is 14.2. The second kappa shape index (κ2) is 8.25. The normalized spacial score (nSPS) is 18.1. The van der Waals surface area contributed by atoms with Crippen LogP contribution in [0.15, 0.2) is 24.3 Å². The molecule has 5 heteroatoms. The van der Waals surface area contributed by atoms with Crippen LogP contribution in [0.1, 0.15) is 18.4 Å². The minimum absolute atomic E-state index is 0.0246. The maximum absolute atomic E-state index is 11.6. The standard InChI is InChI=1S/C15H21ClN2O2/c16-13-5-3-12(4-6-13)7-8-17-11-15(19)18-10-14-2-1-9-20-14/h3-6,14,17H,1-2,7-11H2,(H,18,19). The smallest absolute Gasteiger partial charge is 0.234 e. The summed E-state index contributed by atoms with van der Waals surface area (Å²) in [6, 6.07) is 7.76. The number of carbonyl (C=O) groups excluding carboxylic acids is 1. The Morgan fingerprint density at radius 2 is 2.15 bits per heavy atom. The van der Waals surface area contributed by atoms with Gasteiger partial charge in [-0.3, -0.25) is 4.79 Å². The van der Waals surface area contributed by atoms with E-state index < -0.39 is 0 Å². The van der Waals surface area contributed by atoms with E-state index in [1.54, 1.807) is 0 Å². The highest BCUT2D eigenvalue weighted by atomic mass is 35.5. The lowest BCUT2D eigenvalue weighted by Crippen LogP contribution is -2.38. The molecule has 0 radical (unpaired) electrons. The van der Waals surface area contributed by atoms with Crippen molar-refractivity contribution in [3.05, 3.63) is 34.9 Å². The number of amides is 1. The minimum atomic E-state index is 0.0246. The Bertz CT molecular complexity index is 416. The molecule has 1 amide bonds. The van der Waals surface area contributed by atoms with Crippen LogP contribution in [0.3, 0.4) is 0 Å². The molecule has 1 fully saturated rings. The van der Waals surface area contributed by atoms with Gasteiger partial charge in [-0.1, -0.05) is 23.7 Å². The van der Waals surface area contributed by atoms with E-state index in [0.29, 0.717) is 13.1 Å². The first-order chi connectivity index (χ1) is 9.74. The van der Waals surface area contributed by atoms with E-state index in [-0.39, 0.29) is 12.0 Å². The van der Waals surface area contributed by atoms with Gasteiger partial charge in [-0.25, -0.2) is 0 Å². The SMILES string of the molecule is O=C(CNCCc1ccc(Cl)cc1)NCC1CCCO1. The highest BCUT2D eigenvalue weighted by Crippen LogP contribution is 2.10. The van der Waals surface area contributed by atoms with Crippen LogP contribution in [-0.2, 0) is 16.0 Å². The van der Waals surface area contributed by atoms with E-state index in [0.717, 1.165) is 37.4 Å². The summed E-state index contributed by atoms with van der Waals surface area (Å²) in [5.41, 5.74) is 1.21. The van der Waals surface area contributed by atoms with E-state index in [9.17, 15) is 4.79 Å². The van der Waals surface area contributed by atoms with Crippen LogP contribution < -0.4 is 10.6 Å². The van der Waals surface area contributed by atoms with Crippen molar-refractivity contribution in [2.75, 3.05) is 26.2 Å². The van der Waals surface area contributed by atoms with Crippen molar-refractivity contribution in [3.63, 3.8) is 0 Å². The van der Waals surface area contributed by atoms with Crippen molar-refractivity contribution in [3.8, 4) is 0 Å². The quantitative estimate of drug-likeness (QED) is 0.754. The largest absolute Gasteiger partial charge is 0.376 e. The van der Waals surface area contributed by atoms with Crippen molar-refractivity contribution in [1.29, 1.82) is 0 Å². The third-order valence-corrected chi connectivity index (χ3v) is 3.59. The number of benzene rings is 1. The van der Waals surface area contributed by atoms with Gasteiger partial charge in [-0.2, -0.15) is 0 Å². The van der Waals surface area contributed by atoms with Crippen molar-refractivity contribution in [1.82, 2.24) is 10.6 Å². The summed E-state index contributed by atoms with van der Waals surface area (Å²) in [6.45, 7) is 2.56. The molecule has 110 valence electrons. The van der Waals surface area contributed by atoms with E-state index in [2.05, 4.69) is 10.6 Å². The number of ether oxygens (including phenoxy) is 1. The summed E-state index contributed by atoms with van der Waals surface area (Å²) in [4.78, 5) is 11.6. The van der Waals surface area contributed by atoms with Gasteiger partial charge in [0, 0.05) is 18.2 Å². The summed E-state index contributed by atoms with van der Waals surface area (Å²) in [5, 5.41) is 6.77. The Kier molecular flexibility index (Phi) is 6.30. The third kappa shape index (κ3) is 5.49. The first kappa shape index (κ1) is 15.3. The van der Waals surface area contributed by atoms with E-state index in [4.69, 9.17) is 16.3 Å². The Morgan fingerprint density at radius 3 is 2.85 bits per heavy atom. The lowest BCUT2D eigenvalue weighted by molar-refractivity contribution is -0.120. The molecular formula is C15H21ClN2O2. The predicted octanol–water partition coefficient (Wildman–Crippen LogP) is 1.77. The lowest BCUT2D eigenvalue weighted by Gasteiger charge is -2.11. The van der Waals surface area contributed by atoms with Gasteiger partial charge < -0.3 is 15.4 Å². The van der Waals surface area contributed by atoms with E-state index in [1.807, 2.05) is 24.3 Å². The van der Waals surface area contributed by atoms with Gasteiger partial charge in [-0.15, -0.1) is 0 Å². The molecule has 4 nitrogen and oxygen atoms in total. The number of halogens is 1. The van der Waals surface area contributed by atoms with Crippen LogP contribution >= 0.6 is 11.6 Å². The number of hydrogen-bond acceptors (Lipinski definition) is 3. The van der Waals surface area contributed by atoms with Gasteiger partial charge in [0.25, 0.3) is 0 Å². The summed E-state index contributed by atoms with van der Waals surface area (Å²) >= 11 is 5.82. The van der Waals surface area contributed by atoms with Crippen LogP contribution in [-0.4, -0.2) is 38.3 Å². The molecule has 20 heavy (non-hydrogen) atoms. The molecule has 0 saturated carbocycles. The number of rotatable bonds is 7. The average Bonchev–Trinajstić information content (AvgIpc) is 2.96. The topological polar surface area (TPSA) is 50.4 Å². The number of nitrogens with one attached hydrogen (secondary N) is 2. The Balaban J connectivity index is 1.53. The molecule has 0 aliphatic carbocycles. The molecule has 2 N–H and O–H groups in total. The minimum Gasteiger partial charge on any atom is -0.376 e. The Hall–Kier alpha value is -1.10. The highest BCUT2D eigenvalue weighted by Gasteiger charge is 2.15. The van der Waals surface area contributed by atoms with Gasteiger partial charge in [0.05, 0.1) is 12.6 Å². The van der Waals surface area contributed by atoms with Crippen LogP contribution in [0, 0.1) is 0 Å². The molecular weight excluding hydrogens is 276 g/mol. The molecule has 1 aliphatic rings. The summed E-state index contributed by atoms with van der Waals surface area (Å²) in [5.74, 6) is 0.0246. The van der Waals surface area contributed by atoms with Gasteiger partial charge in [0.2, 0.25) is 5.91 Å². The van der Waals surface area contributed by atoms with Gasteiger partial charge >= 0.3 is 0 Å². The summed E-state index contributed by atoms with van der Waals surface area (Å²) in [6.07, 6.45) is 3.23. The van der Waals surface area contributed by atoms with Crippen LogP contribution in [0.5, 0.6) is 0 Å². The van der Waals surface area contributed by atoms with Crippen molar-refractivity contribution < 1.29 is 9.53 Å². The summed E-state index contributed by atoms with van der Waals surface area (Å²) < 4.78 is 5.45. The average molecular weight is 297 g/mol. The zero-order valence-corrected chi connectivity index (χ0v) is 12.3. The van der Waals surface area contributed by atoms with Crippen molar-refractivity contribution in [2.24, 2.45) is 0 Å². The second-order valence-electron chi connectivity index (χ2n) is 4.99. The highest BCUT2D eigenvalue weighted by molar-refractivity contribution is 6.30. The Labute approximate surface area is 124 Å². The molecule has 1 heterocycles. The van der Waals surface area contributed by atoms with Gasteiger partial charge in [-0.05, 0) is 43.5 Å². The molecule has 1 aromatic rings. The van der Waals surface area contributed by atoms with Gasteiger partial charge in [0.1, 0.15) is 0 Å². The van der Waals surface area contributed by atoms with E-state index >= 15 is 0 Å². The fraction of sp³-hybridized carbons (Fsp3) is 0.533. The molecule has 1 aromatic carbocycles. The van der Waals surface area contributed by atoms with Crippen molar-refractivity contribution >= 4 is 17.5 Å². The third-order valence-electron chi connectivity index (χ3n) is 3.34. The molecule has 1 unspecified atom stereocenters.